The number of hydrogen-bond acceptors (Lipinski definition) is 4. The highest BCUT2D eigenvalue weighted by molar-refractivity contribution is 5.71. The van der Waals surface area contributed by atoms with Crippen molar-refractivity contribution in [1.82, 2.24) is 0 Å². The van der Waals surface area contributed by atoms with E-state index in [1.54, 1.807) is 0 Å². The smallest absolute Gasteiger partial charge is 0.307 e. The summed E-state index contributed by atoms with van der Waals surface area (Å²) in [5.41, 5.74) is 0. The molecule has 6 heteroatoms. The number of hydrogen-bond donors (Lipinski definition) is 2. The predicted octanol–water partition coefficient (Wildman–Crippen LogP) is 2.91. The van der Waals surface area contributed by atoms with Gasteiger partial charge in [0.05, 0.1) is 33.7 Å². The van der Waals surface area contributed by atoms with Crippen LogP contribution in [-0.2, 0) is 14.3 Å². The van der Waals surface area contributed by atoms with Gasteiger partial charge in [0.1, 0.15) is 6.54 Å². The monoisotopic (exact) mass is 370 g/mol. The van der Waals surface area contributed by atoms with E-state index in [1.165, 1.54) is 0 Å². The molecule has 0 aliphatic heterocycles. The minimum Gasteiger partial charge on any atom is -0.481 e. The van der Waals surface area contributed by atoms with Crippen molar-refractivity contribution in [1.29, 1.82) is 0 Å². The van der Waals surface area contributed by atoms with Crippen molar-refractivity contribution < 1.29 is 29.0 Å². The van der Waals surface area contributed by atoms with Gasteiger partial charge in [-0.15, -0.1) is 0 Å². The topological polar surface area (TPSA) is 83.8 Å². The van der Waals surface area contributed by atoms with Crippen molar-refractivity contribution in [3.05, 3.63) is 24.3 Å². The lowest BCUT2D eigenvalue weighted by Crippen LogP contribution is -2.43. The number of aliphatic carboxylic acids is 1. The highest BCUT2D eigenvalue weighted by atomic mass is 16.5. The molecule has 0 rings (SSSR count). The lowest BCUT2D eigenvalue weighted by molar-refractivity contribution is -0.873. The molecular weight excluding hydrogens is 334 g/mol. The largest absolute Gasteiger partial charge is 0.481 e. The molecule has 2 N–H and O–H groups in total. The molecule has 0 heterocycles. The number of carbonyl (C=O) groups excluding carboxylic acids is 1. The van der Waals surface area contributed by atoms with Gasteiger partial charge in [0.2, 0.25) is 0 Å². The Bertz CT molecular complexity index is 465. The first kappa shape index (κ1) is 24.3. The molecule has 6 nitrogen and oxygen atoms in total. The van der Waals surface area contributed by atoms with E-state index in [9.17, 15) is 14.7 Å². The summed E-state index contributed by atoms with van der Waals surface area (Å²) < 4.78 is 5.81. The van der Waals surface area contributed by atoms with E-state index in [1.807, 2.05) is 27.2 Å². The van der Waals surface area contributed by atoms with Crippen LogP contribution < -0.4 is 0 Å². The summed E-state index contributed by atoms with van der Waals surface area (Å²) in [6, 6.07) is 0. The molecule has 0 aliphatic carbocycles. The summed E-state index contributed by atoms with van der Waals surface area (Å²) in [6.45, 7) is 2.52. The third kappa shape index (κ3) is 15.8. The van der Waals surface area contributed by atoms with Crippen molar-refractivity contribution in [3.63, 3.8) is 0 Å². The molecule has 0 saturated heterocycles. The molecule has 0 radical (unpaired) electrons. The molecule has 0 saturated carbocycles. The van der Waals surface area contributed by atoms with Crippen molar-refractivity contribution in [2.45, 2.75) is 64.1 Å². The van der Waals surface area contributed by atoms with Gasteiger partial charge in [-0.3, -0.25) is 9.59 Å². The zero-order valence-corrected chi connectivity index (χ0v) is 16.7. The maximum Gasteiger partial charge on any atom is 0.307 e. The Kier molecular flexibility index (Phi) is 12.7. The average Bonchev–Trinajstić information content (AvgIpc) is 2.49. The van der Waals surface area contributed by atoms with Crippen molar-refractivity contribution in [3.8, 4) is 0 Å². The van der Waals surface area contributed by atoms with Crippen LogP contribution in [0.3, 0.4) is 0 Å². The van der Waals surface area contributed by atoms with Gasteiger partial charge >= 0.3 is 11.9 Å². The van der Waals surface area contributed by atoms with Crippen molar-refractivity contribution in [2.24, 2.45) is 0 Å². The summed E-state index contributed by atoms with van der Waals surface area (Å²) in [5, 5.41) is 18.9. The number of esters is 1. The number of carboxylic acid groups (broad SMARTS) is 1. The van der Waals surface area contributed by atoms with Gasteiger partial charge in [0.15, 0.2) is 6.10 Å². The van der Waals surface area contributed by atoms with E-state index in [2.05, 4.69) is 25.2 Å². The fraction of sp³-hybridized carbons (Fsp3) is 0.700. The third-order valence-corrected chi connectivity index (χ3v) is 3.64. The molecule has 0 fully saturated rings. The highest BCUT2D eigenvalue weighted by Gasteiger charge is 2.24. The number of likely N-dealkylation sites (N-methyl/N-ethyl adjacent to an activating group) is 1. The van der Waals surface area contributed by atoms with Gasteiger partial charge in [-0.1, -0.05) is 31.2 Å². The Hall–Kier alpha value is -1.66. The van der Waals surface area contributed by atoms with E-state index < -0.39 is 24.1 Å². The number of quaternary nitrogens is 1. The summed E-state index contributed by atoms with van der Waals surface area (Å²) in [7, 11) is 5.74. The van der Waals surface area contributed by atoms with Crippen molar-refractivity contribution >= 4 is 11.9 Å². The second-order valence-corrected chi connectivity index (χ2v) is 7.54. The van der Waals surface area contributed by atoms with Gasteiger partial charge in [-0.05, 0) is 32.1 Å². The van der Waals surface area contributed by atoms with Crippen LogP contribution in [0.15, 0.2) is 24.3 Å². The van der Waals surface area contributed by atoms with Crippen LogP contribution in [-0.4, -0.2) is 66.5 Å². The minimum atomic E-state index is -0.989. The lowest BCUT2D eigenvalue weighted by atomic mass is 10.1. The molecule has 0 spiro atoms. The number of carbonyl (C=O) groups is 2. The Morgan fingerprint density at radius 3 is 2.31 bits per heavy atom. The van der Waals surface area contributed by atoms with E-state index in [-0.39, 0.29) is 12.8 Å². The average molecular weight is 371 g/mol. The summed E-state index contributed by atoms with van der Waals surface area (Å²) in [4.78, 5) is 22.9. The molecule has 0 bridgehead atoms. The first-order valence-electron chi connectivity index (χ1n) is 9.33. The Morgan fingerprint density at radius 2 is 1.73 bits per heavy atom. The minimum absolute atomic E-state index is 0.0946. The number of carboxylic acids is 1. The van der Waals surface area contributed by atoms with E-state index in [0.717, 1.165) is 19.3 Å². The Morgan fingerprint density at radius 1 is 1.08 bits per heavy atom. The number of rotatable bonds is 14. The number of aliphatic hydroxyl groups excluding tert-OH is 1. The van der Waals surface area contributed by atoms with E-state index in [4.69, 9.17) is 9.84 Å². The maximum atomic E-state index is 11.9. The molecule has 2 atom stereocenters. The molecular formula is C20H36NO5+. The number of allylic oxidation sites excluding steroid dienone is 4. The number of nitrogens with zero attached hydrogens (tertiary/aromatic N) is 1. The molecule has 26 heavy (non-hydrogen) atoms. The van der Waals surface area contributed by atoms with Crippen LogP contribution in [0.25, 0.3) is 0 Å². The predicted molar refractivity (Wildman–Crippen MR) is 103 cm³/mol. The maximum absolute atomic E-state index is 11.9. The van der Waals surface area contributed by atoms with Crippen LogP contribution >= 0.6 is 0 Å². The fourth-order valence-corrected chi connectivity index (χ4v) is 2.47. The fourth-order valence-electron chi connectivity index (χ4n) is 2.47. The van der Waals surface area contributed by atoms with Gasteiger partial charge < -0.3 is 19.4 Å². The molecule has 2 unspecified atom stereocenters. The summed E-state index contributed by atoms with van der Waals surface area (Å²) in [5.74, 6) is -1.44. The normalized spacial score (nSPS) is 14.7. The van der Waals surface area contributed by atoms with Crippen LogP contribution in [0.4, 0.5) is 0 Å². The number of aliphatic hydroxyl groups is 1. The molecule has 0 aromatic rings. The summed E-state index contributed by atoms with van der Waals surface area (Å²) >= 11 is 0. The van der Waals surface area contributed by atoms with Crippen molar-refractivity contribution in [2.75, 3.05) is 27.7 Å². The van der Waals surface area contributed by atoms with Crippen LogP contribution in [0.5, 0.6) is 0 Å². The first-order chi connectivity index (χ1) is 12.1. The van der Waals surface area contributed by atoms with Crippen LogP contribution in [0.1, 0.15) is 51.9 Å². The molecule has 0 aromatic heterocycles. The quantitative estimate of drug-likeness (QED) is 0.279. The lowest BCUT2D eigenvalue weighted by Gasteiger charge is -2.28. The molecule has 0 aliphatic rings. The van der Waals surface area contributed by atoms with Gasteiger partial charge in [0, 0.05) is 6.42 Å². The molecule has 150 valence electrons. The third-order valence-electron chi connectivity index (χ3n) is 3.64. The van der Waals surface area contributed by atoms with Crippen LogP contribution in [0.2, 0.25) is 0 Å². The van der Waals surface area contributed by atoms with Crippen LogP contribution in [0, 0.1) is 0 Å². The molecule has 0 amide bonds. The Labute approximate surface area is 157 Å². The second kappa shape index (κ2) is 13.5. The van der Waals surface area contributed by atoms with E-state index >= 15 is 0 Å². The zero-order valence-electron chi connectivity index (χ0n) is 16.7. The second-order valence-electron chi connectivity index (χ2n) is 7.54. The first-order valence-corrected chi connectivity index (χ1v) is 9.33. The Balaban J connectivity index is 4.12. The number of ether oxygens (including phenoxy) is 1. The van der Waals surface area contributed by atoms with Gasteiger partial charge in [-0.2, -0.15) is 0 Å². The van der Waals surface area contributed by atoms with Gasteiger partial charge in [-0.25, -0.2) is 0 Å². The standard InChI is InChI=1S/C20H35NO5/c1-5-6-7-8-9-10-11-12-17(22)13-14-20(25)26-18(15-19(23)24)16-21(2,3)4/h6-7,9-10,17-18,22H,5,8,11-16H2,1-4H3/p+1/b7-6+,10-9+. The van der Waals surface area contributed by atoms with Gasteiger partial charge in [0.25, 0.3) is 0 Å². The SMILES string of the molecule is CC/C=C/C/C=C/CCC(O)CCC(=O)OC(CC(=O)O)C[N+](C)(C)C. The molecule has 0 aromatic carbocycles. The summed E-state index contributed by atoms with van der Waals surface area (Å²) in [6.07, 6.45) is 10.6. The zero-order chi connectivity index (χ0) is 20.0. The highest BCUT2D eigenvalue weighted by Crippen LogP contribution is 2.10. The van der Waals surface area contributed by atoms with E-state index in [0.29, 0.717) is 23.9 Å².